The molecule has 0 aliphatic carbocycles. The second-order valence-corrected chi connectivity index (χ2v) is 6.96. The number of hydrogen-bond acceptors (Lipinski definition) is 4. The number of aryl methyl sites for hydroxylation is 1. The lowest BCUT2D eigenvalue weighted by Gasteiger charge is -2.15. The third kappa shape index (κ3) is 6.65. The van der Waals surface area contributed by atoms with Gasteiger partial charge in [-0.25, -0.2) is 8.78 Å². The van der Waals surface area contributed by atoms with E-state index in [4.69, 9.17) is 5.73 Å². The number of amides is 2. The van der Waals surface area contributed by atoms with E-state index in [-0.39, 0.29) is 17.2 Å². The van der Waals surface area contributed by atoms with Gasteiger partial charge in [0.1, 0.15) is 0 Å². The number of benzene rings is 2. The van der Waals surface area contributed by atoms with Crippen molar-refractivity contribution in [1.82, 2.24) is 5.32 Å². The molecule has 8 heteroatoms. The molecule has 4 N–H and O–H groups in total. The van der Waals surface area contributed by atoms with Crippen LogP contribution in [0.3, 0.4) is 0 Å². The molecule has 0 fully saturated rings. The molecule has 2 aromatic rings. The van der Waals surface area contributed by atoms with Crippen LogP contribution in [0.1, 0.15) is 15.9 Å². The van der Waals surface area contributed by atoms with Gasteiger partial charge in [0.2, 0.25) is 5.91 Å². The number of anilines is 1. The molecule has 0 radical (unpaired) electrons. The van der Waals surface area contributed by atoms with Crippen molar-refractivity contribution in [3.05, 3.63) is 59.7 Å². The number of alkyl halides is 2. The van der Waals surface area contributed by atoms with E-state index in [1.165, 1.54) is 6.07 Å². The van der Waals surface area contributed by atoms with Crippen LogP contribution in [0.2, 0.25) is 0 Å². The fourth-order valence-electron chi connectivity index (χ4n) is 2.13. The first-order valence-corrected chi connectivity index (χ1v) is 9.24. The van der Waals surface area contributed by atoms with Crippen molar-refractivity contribution in [2.45, 2.75) is 17.7 Å². The minimum absolute atomic E-state index is 0.0805. The van der Waals surface area contributed by atoms with Crippen LogP contribution >= 0.6 is 11.8 Å². The maximum absolute atomic E-state index is 13.2. The zero-order chi connectivity index (χ0) is 19.9. The van der Waals surface area contributed by atoms with Crippen molar-refractivity contribution in [3.8, 4) is 0 Å². The monoisotopic (exact) mass is 393 g/mol. The van der Waals surface area contributed by atoms with Gasteiger partial charge in [-0.1, -0.05) is 29.8 Å². The molecule has 0 spiro atoms. The number of hydrogen-bond donors (Lipinski definition) is 3. The Balaban J connectivity index is 1.95. The highest BCUT2D eigenvalue weighted by atomic mass is 32.2. The van der Waals surface area contributed by atoms with Gasteiger partial charge in [0, 0.05) is 10.6 Å². The zero-order valence-electron chi connectivity index (χ0n) is 14.8. The first-order valence-electron chi connectivity index (χ1n) is 8.25. The Morgan fingerprint density at radius 1 is 1.11 bits per heavy atom. The van der Waals surface area contributed by atoms with Gasteiger partial charge in [-0.3, -0.25) is 9.59 Å². The normalized spacial score (nSPS) is 11.1. The molecule has 5 nitrogen and oxygen atoms in total. The van der Waals surface area contributed by atoms with Gasteiger partial charge >= 0.3 is 0 Å². The quantitative estimate of drug-likeness (QED) is 0.602. The van der Waals surface area contributed by atoms with Crippen LogP contribution < -0.4 is 16.4 Å². The summed E-state index contributed by atoms with van der Waals surface area (Å²) in [6, 6.07) is 13.9. The van der Waals surface area contributed by atoms with E-state index in [2.05, 4.69) is 10.6 Å². The largest absolute Gasteiger partial charge is 0.346 e. The van der Waals surface area contributed by atoms with Crippen molar-refractivity contribution in [1.29, 1.82) is 0 Å². The number of carbonyl (C=O) groups is 2. The topological polar surface area (TPSA) is 84.2 Å². The second-order valence-electron chi connectivity index (χ2n) is 5.94. The van der Waals surface area contributed by atoms with Crippen LogP contribution in [0, 0.1) is 6.92 Å². The lowest BCUT2D eigenvalue weighted by atomic mass is 10.2. The number of halogens is 2. The number of carbonyl (C=O) groups excluding carboxylic acids is 2. The number of rotatable bonds is 8. The summed E-state index contributed by atoms with van der Waals surface area (Å²) >= 11 is 1.16. The van der Waals surface area contributed by atoms with Gasteiger partial charge in [0.25, 0.3) is 11.8 Å². The van der Waals surface area contributed by atoms with Gasteiger partial charge in [-0.2, -0.15) is 0 Å². The Morgan fingerprint density at radius 2 is 1.78 bits per heavy atom. The summed E-state index contributed by atoms with van der Waals surface area (Å²) in [5.74, 6) is -3.94. The van der Waals surface area contributed by atoms with E-state index in [1.54, 1.807) is 30.3 Å². The average molecular weight is 393 g/mol. The molecule has 0 heterocycles. The van der Waals surface area contributed by atoms with Gasteiger partial charge in [-0.05, 0) is 31.2 Å². The highest BCUT2D eigenvalue weighted by molar-refractivity contribution is 8.00. The Morgan fingerprint density at radius 3 is 2.44 bits per heavy atom. The van der Waals surface area contributed by atoms with Crippen LogP contribution in [0.5, 0.6) is 0 Å². The fourth-order valence-corrected chi connectivity index (χ4v) is 2.98. The third-order valence-corrected chi connectivity index (χ3v) is 4.71. The van der Waals surface area contributed by atoms with Crippen LogP contribution in [0.4, 0.5) is 14.5 Å². The Hall–Kier alpha value is -2.45. The first kappa shape index (κ1) is 20.9. The highest BCUT2D eigenvalue weighted by Gasteiger charge is 2.27. The van der Waals surface area contributed by atoms with Gasteiger partial charge in [0.15, 0.2) is 0 Å². The minimum Gasteiger partial charge on any atom is -0.346 e. The molecule has 27 heavy (non-hydrogen) atoms. The third-order valence-electron chi connectivity index (χ3n) is 3.63. The predicted octanol–water partition coefficient (Wildman–Crippen LogP) is 3.05. The van der Waals surface area contributed by atoms with Crippen LogP contribution in [0.25, 0.3) is 0 Å². The number of nitrogens with one attached hydrogen (secondary N) is 2. The smallest absolute Gasteiger partial charge is 0.277 e. The van der Waals surface area contributed by atoms with E-state index in [9.17, 15) is 18.4 Å². The van der Waals surface area contributed by atoms with E-state index >= 15 is 0 Å². The van der Waals surface area contributed by atoms with Gasteiger partial charge in [-0.15, -0.1) is 11.8 Å². The molecule has 0 saturated heterocycles. The van der Waals surface area contributed by atoms with Crippen LogP contribution in [-0.2, 0) is 4.79 Å². The molecule has 0 unspecified atom stereocenters. The molecule has 0 atom stereocenters. The molecule has 0 aromatic heterocycles. The fraction of sp³-hybridized carbons (Fsp3) is 0.263. The maximum Gasteiger partial charge on any atom is 0.277 e. The molecule has 2 aromatic carbocycles. The molecular weight excluding hydrogens is 372 g/mol. The molecule has 0 saturated carbocycles. The van der Waals surface area contributed by atoms with E-state index < -0.39 is 24.9 Å². The minimum atomic E-state index is -3.16. The van der Waals surface area contributed by atoms with E-state index in [0.29, 0.717) is 10.6 Å². The molecular formula is C19H21F2N3O2S. The lowest BCUT2D eigenvalue weighted by Crippen LogP contribution is -2.41. The summed E-state index contributed by atoms with van der Waals surface area (Å²) in [6.45, 7) is 0.269. The second kappa shape index (κ2) is 9.48. The van der Waals surface area contributed by atoms with Crippen molar-refractivity contribution in [2.24, 2.45) is 5.73 Å². The van der Waals surface area contributed by atoms with Crippen LogP contribution in [0.15, 0.2) is 53.4 Å². The van der Waals surface area contributed by atoms with Crippen molar-refractivity contribution >= 4 is 29.3 Å². The Bertz CT molecular complexity index is 798. The molecule has 2 rings (SSSR count). The first-order chi connectivity index (χ1) is 12.8. The molecule has 0 aliphatic heterocycles. The maximum atomic E-state index is 13.2. The van der Waals surface area contributed by atoms with Crippen molar-refractivity contribution in [3.63, 3.8) is 0 Å². The summed E-state index contributed by atoms with van der Waals surface area (Å²) in [6.07, 6.45) is 0. The van der Waals surface area contributed by atoms with Gasteiger partial charge in [0.05, 0.1) is 24.4 Å². The summed E-state index contributed by atoms with van der Waals surface area (Å²) in [5.41, 5.74) is 6.97. The molecule has 2 amide bonds. The summed E-state index contributed by atoms with van der Waals surface area (Å²) in [5, 5.41) is 4.95. The number of thioether (sulfide) groups is 1. The van der Waals surface area contributed by atoms with Crippen molar-refractivity contribution in [2.75, 3.05) is 24.2 Å². The summed E-state index contributed by atoms with van der Waals surface area (Å²) < 4.78 is 26.4. The Labute approximate surface area is 160 Å². The molecule has 0 aliphatic rings. The Kier molecular flexibility index (Phi) is 7.32. The van der Waals surface area contributed by atoms with E-state index in [0.717, 1.165) is 17.3 Å². The predicted molar refractivity (Wildman–Crippen MR) is 103 cm³/mol. The zero-order valence-corrected chi connectivity index (χ0v) is 15.6. The summed E-state index contributed by atoms with van der Waals surface area (Å²) in [7, 11) is 0. The number of nitrogens with two attached hydrogens (primary N) is 1. The van der Waals surface area contributed by atoms with E-state index in [1.807, 2.05) is 19.1 Å². The standard InChI is InChI=1S/C19H21F2N3O2S/c1-13-6-8-14(9-7-13)24-17(25)10-27-16-5-3-2-4-15(16)18(26)23-12-19(20,21)11-22/h2-9H,10-12,22H2,1H3,(H,23,26)(H,24,25). The highest BCUT2D eigenvalue weighted by Crippen LogP contribution is 2.23. The van der Waals surface area contributed by atoms with Gasteiger partial charge < -0.3 is 16.4 Å². The SMILES string of the molecule is Cc1ccc(NC(=O)CSc2ccccc2C(=O)NCC(F)(F)CN)cc1. The average Bonchev–Trinajstić information content (AvgIpc) is 2.66. The lowest BCUT2D eigenvalue weighted by molar-refractivity contribution is -0.113. The van der Waals surface area contributed by atoms with Crippen LogP contribution in [-0.4, -0.2) is 36.6 Å². The van der Waals surface area contributed by atoms with Crippen molar-refractivity contribution < 1.29 is 18.4 Å². The molecule has 0 bridgehead atoms. The summed E-state index contributed by atoms with van der Waals surface area (Å²) in [4.78, 5) is 24.8. The molecule has 144 valence electrons.